The number of carbonyl (C=O) groups excluding carboxylic acids is 2. The Labute approximate surface area is 428 Å². The molecule has 0 saturated carbocycles. The van der Waals surface area contributed by atoms with Gasteiger partial charge in [0.15, 0.2) is 0 Å². The molecule has 59 heavy (non-hydrogen) atoms. The number of hydrogen-bond donors (Lipinski definition) is 4. The molecule has 332 valence electrons. The van der Waals surface area contributed by atoms with E-state index < -0.39 is 33.9 Å². The van der Waals surface area contributed by atoms with Crippen LogP contribution in [0.25, 0.3) is 0 Å². The molecule has 0 radical (unpaired) electrons. The van der Waals surface area contributed by atoms with Crippen molar-refractivity contribution in [3.63, 3.8) is 0 Å². The van der Waals surface area contributed by atoms with Crippen LogP contribution in [0.4, 0.5) is 0 Å². The van der Waals surface area contributed by atoms with Gasteiger partial charge in [-0.15, -0.1) is 0 Å². The summed E-state index contributed by atoms with van der Waals surface area (Å²) >= 11 is 0. The van der Waals surface area contributed by atoms with E-state index in [4.69, 9.17) is 14.8 Å². The molecule has 15 heteroatoms. The maximum absolute atomic E-state index is 11.8. The molecule has 0 aromatic rings. The number of nitrogens with one attached hydrogen (secondary N) is 1. The van der Waals surface area contributed by atoms with Crippen molar-refractivity contribution >= 4 is 33.9 Å². The first-order valence-corrected chi connectivity index (χ1v) is 24.4. The van der Waals surface area contributed by atoms with Crippen molar-refractivity contribution in [3.05, 3.63) is 0 Å². The summed E-state index contributed by atoms with van der Waals surface area (Å²) in [7, 11) is -2.42. The molecule has 0 spiro atoms. The van der Waals surface area contributed by atoms with Crippen LogP contribution in [0.1, 0.15) is 232 Å². The van der Waals surface area contributed by atoms with Crippen LogP contribution in [0.2, 0.25) is 0 Å². The van der Waals surface area contributed by atoms with Gasteiger partial charge in [-0.2, -0.15) is 8.42 Å². The van der Waals surface area contributed by atoms with Crippen molar-refractivity contribution < 1.29 is 131 Å². The molecular weight excluding hydrogens is 802 g/mol. The molecule has 11 nitrogen and oxygen atoms in total. The van der Waals surface area contributed by atoms with Gasteiger partial charge in [0.2, 0.25) is 11.8 Å². The Balaban J connectivity index is -0.000000314. The number of carboxylic acid groups (broad SMARTS) is 2. The van der Waals surface area contributed by atoms with Gasteiger partial charge in [-0.05, 0) is 19.3 Å². The zero-order valence-corrected chi connectivity index (χ0v) is 46.0. The number of carboxylic acids is 2. The maximum atomic E-state index is 11.8. The number of unbranched alkanes of at least 4 members (excludes halogenated alkanes) is 28. The number of amides is 2. The summed E-state index contributed by atoms with van der Waals surface area (Å²) in [5, 5.41) is 20.1. The van der Waals surface area contributed by atoms with Crippen LogP contribution in [0.15, 0.2) is 0 Å². The van der Waals surface area contributed by atoms with Gasteiger partial charge >= 0.3 is 101 Å². The van der Waals surface area contributed by atoms with Gasteiger partial charge in [0.1, 0.15) is 6.04 Å². The van der Waals surface area contributed by atoms with Gasteiger partial charge in [-0.3, -0.25) is 18.9 Å². The fourth-order valence-electron chi connectivity index (χ4n) is 6.66. The van der Waals surface area contributed by atoms with E-state index in [1.165, 1.54) is 165 Å². The molecule has 0 aromatic heterocycles. The van der Waals surface area contributed by atoms with E-state index in [-0.39, 0.29) is 120 Å². The largest absolute Gasteiger partial charge is 1.00 e. The molecule has 0 fully saturated rings. The molecule has 0 bridgehead atoms. The van der Waals surface area contributed by atoms with Crippen LogP contribution in [-0.2, 0) is 29.3 Å². The average Bonchev–Trinajstić information content (AvgIpc) is 3.15. The molecule has 1 atom stereocenters. The SMILES string of the molecule is CCCCCCCCCCCCCCCCCC(=O)N(C)CCS(=O)(=O)O.CCCCCCCCCCCCCCCCCC(=O)N[C@@H](CCC(=O)O)C(=O)O.[Na+].[Na+].[Na+]. The summed E-state index contributed by atoms with van der Waals surface area (Å²) < 4.78 is 30.1. The number of carbonyl (C=O) groups is 4. The van der Waals surface area contributed by atoms with E-state index in [0.29, 0.717) is 12.8 Å². The first-order chi connectivity index (χ1) is 26.8. The molecule has 2 amide bonds. The zero-order valence-electron chi connectivity index (χ0n) is 39.2. The summed E-state index contributed by atoms with van der Waals surface area (Å²) in [4.78, 5) is 46.6. The quantitative estimate of drug-likeness (QED) is 0.0409. The smallest absolute Gasteiger partial charge is 0.481 e. The normalized spacial score (nSPS) is 11.2. The second-order valence-corrected chi connectivity index (χ2v) is 17.5. The van der Waals surface area contributed by atoms with Crippen molar-refractivity contribution in [2.45, 2.75) is 238 Å². The van der Waals surface area contributed by atoms with Gasteiger partial charge in [0.05, 0.1) is 5.75 Å². The van der Waals surface area contributed by atoms with E-state index in [9.17, 15) is 27.6 Å². The second kappa shape index (κ2) is 51.4. The first kappa shape index (κ1) is 68.8. The van der Waals surface area contributed by atoms with Crippen LogP contribution in [-0.4, -0.2) is 77.2 Å². The third kappa shape index (κ3) is 56.8. The van der Waals surface area contributed by atoms with Crippen LogP contribution in [0.3, 0.4) is 0 Å². The van der Waals surface area contributed by atoms with E-state index >= 15 is 0 Å². The third-order valence-corrected chi connectivity index (χ3v) is 11.1. The molecule has 0 aliphatic carbocycles. The summed E-state index contributed by atoms with van der Waals surface area (Å²) in [5.41, 5.74) is 0. The minimum absolute atomic E-state index is 0. The molecule has 0 heterocycles. The van der Waals surface area contributed by atoms with Gasteiger partial charge in [0.25, 0.3) is 10.1 Å². The molecule has 0 aliphatic rings. The number of rotatable bonds is 40. The van der Waals surface area contributed by atoms with Crippen molar-refractivity contribution in [2.75, 3.05) is 19.3 Å². The Hall–Kier alpha value is 0.790. The second-order valence-electron chi connectivity index (χ2n) is 15.9. The molecule has 0 unspecified atom stereocenters. The van der Waals surface area contributed by atoms with Crippen molar-refractivity contribution in [1.82, 2.24) is 10.2 Å². The Kier molecular flexibility index (Phi) is 60.0. The van der Waals surface area contributed by atoms with Crippen LogP contribution in [0.5, 0.6) is 0 Å². The van der Waals surface area contributed by atoms with Gasteiger partial charge < -0.3 is 20.4 Å². The van der Waals surface area contributed by atoms with Crippen LogP contribution in [0, 0.1) is 0 Å². The zero-order chi connectivity index (χ0) is 42.1. The van der Waals surface area contributed by atoms with Gasteiger partial charge in [0, 0.05) is 32.9 Å². The molecule has 0 aliphatic heterocycles. The molecular formula is C44H86N2Na3O9S+3. The Morgan fingerprint density at radius 2 is 0.814 bits per heavy atom. The predicted molar refractivity (Wildman–Crippen MR) is 230 cm³/mol. The Bertz CT molecular complexity index is 1070. The fraction of sp³-hybridized carbons (Fsp3) is 0.909. The fourth-order valence-corrected chi connectivity index (χ4v) is 7.17. The van der Waals surface area contributed by atoms with Gasteiger partial charge in [-0.25, -0.2) is 4.79 Å². The number of aliphatic carboxylic acids is 2. The standard InChI is InChI=1S/C23H43NO5.C21H43NO4S.3Na/c1-2-3-4-5-6-7-8-9-10-11-12-13-14-15-16-17-21(25)24-20(23(28)29)18-19-22(26)27;1-3-4-5-6-7-8-9-10-11-12-13-14-15-16-17-18-21(23)22(2)19-20-27(24,25)26;;;/h20H,2-19H2,1H3,(H,24,25)(H,26,27)(H,28,29);3-20H2,1-2H3,(H,24,25,26);;;/q;;3*+1/t20-;;;;/m0..../s1. The third-order valence-electron chi connectivity index (χ3n) is 10.4. The van der Waals surface area contributed by atoms with Crippen LogP contribution >= 0.6 is 0 Å². The summed E-state index contributed by atoms with van der Waals surface area (Å²) in [6.07, 6.45) is 38.6. The monoisotopic (exact) mass is 888 g/mol. The molecule has 4 N–H and O–H groups in total. The summed E-state index contributed by atoms with van der Waals surface area (Å²) in [6, 6.07) is -1.12. The van der Waals surface area contributed by atoms with Gasteiger partial charge in [-0.1, -0.05) is 194 Å². The molecule has 0 saturated heterocycles. The van der Waals surface area contributed by atoms with E-state index in [0.717, 1.165) is 32.1 Å². The summed E-state index contributed by atoms with van der Waals surface area (Å²) in [6.45, 7) is 4.56. The van der Waals surface area contributed by atoms with E-state index in [1.807, 2.05) is 0 Å². The summed E-state index contributed by atoms with van der Waals surface area (Å²) in [5.74, 6) is -3.00. The van der Waals surface area contributed by atoms with Crippen molar-refractivity contribution in [1.29, 1.82) is 0 Å². The predicted octanol–water partition coefficient (Wildman–Crippen LogP) is 2.29. The Morgan fingerprint density at radius 1 is 0.508 bits per heavy atom. The maximum Gasteiger partial charge on any atom is 1.00 e. The topological polar surface area (TPSA) is 178 Å². The average molecular weight is 888 g/mol. The van der Waals surface area contributed by atoms with Crippen LogP contribution < -0.4 is 94.0 Å². The number of nitrogens with zero attached hydrogens (tertiary/aromatic N) is 1. The molecule has 0 aromatic carbocycles. The Morgan fingerprint density at radius 3 is 1.10 bits per heavy atom. The van der Waals surface area contributed by atoms with E-state index in [2.05, 4.69) is 19.2 Å². The first-order valence-electron chi connectivity index (χ1n) is 22.8. The van der Waals surface area contributed by atoms with Crippen molar-refractivity contribution in [3.8, 4) is 0 Å². The number of hydrogen-bond acceptors (Lipinski definition) is 6. The minimum Gasteiger partial charge on any atom is -0.481 e. The van der Waals surface area contributed by atoms with E-state index in [1.54, 1.807) is 7.05 Å². The molecule has 0 rings (SSSR count). The van der Waals surface area contributed by atoms with Crippen molar-refractivity contribution in [2.24, 2.45) is 0 Å². The minimum atomic E-state index is -4.00.